The Hall–Kier alpha value is -0.0800. The first-order valence-electron chi connectivity index (χ1n) is 7.25. The highest BCUT2D eigenvalue weighted by Gasteiger charge is 2.25. The van der Waals surface area contributed by atoms with Crippen LogP contribution in [0.1, 0.15) is 46.0 Å². The number of nitrogens with zero attached hydrogens (tertiary/aromatic N) is 1. The smallest absolute Gasteiger partial charge is 0.0221 e. The van der Waals surface area contributed by atoms with E-state index in [2.05, 4.69) is 24.1 Å². The van der Waals surface area contributed by atoms with E-state index in [-0.39, 0.29) is 0 Å². The second kappa shape index (κ2) is 6.02. The Labute approximate surface area is 101 Å². The van der Waals surface area contributed by atoms with Crippen LogP contribution in [0.25, 0.3) is 0 Å². The number of piperazine rings is 1. The normalized spacial score (nSPS) is 30.8. The molecule has 0 aromatic heterocycles. The lowest BCUT2D eigenvalue weighted by molar-refractivity contribution is 0.149. The molecule has 1 saturated carbocycles. The summed E-state index contributed by atoms with van der Waals surface area (Å²) in [6.07, 6.45) is 7.22. The van der Waals surface area contributed by atoms with Gasteiger partial charge in [-0.15, -0.1) is 0 Å². The van der Waals surface area contributed by atoms with Gasteiger partial charge in [0.25, 0.3) is 0 Å². The molecular formula is C14H28N2. The lowest BCUT2D eigenvalue weighted by Crippen LogP contribution is -2.53. The zero-order chi connectivity index (χ0) is 11.4. The van der Waals surface area contributed by atoms with Crippen molar-refractivity contribution in [2.24, 2.45) is 11.8 Å². The Morgan fingerprint density at radius 1 is 1.31 bits per heavy atom. The number of hydrogen-bond acceptors (Lipinski definition) is 2. The van der Waals surface area contributed by atoms with Crippen LogP contribution in [0.4, 0.5) is 0 Å². The summed E-state index contributed by atoms with van der Waals surface area (Å²) in [4.78, 5) is 2.71. The van der Waals surface area contributed by atoms with E-state index in [0.29, 0.717) is 0 Å². The molecular weight excluding hydrogens is 196 g/mol. The quantitative estimate of drug-likeness (QED) is 0.789. The summed E-state index contributed by atoms with van der Waals surface area (Å²) in [6.45, 7) is 9.81. The fourth-order valence-corrected chi connectivity index (χ4v) is 3.23. The molecule has 1 aliphatic carbocycles. The van der Waals surface area contributed by atoms with Gasteiger partial charge in [0, 0.05) is 32.2 Å². The van der Waals surface area contributed by atoms with Crippen molar-refractivity contribution in [2.75, 3.05) is 26.2 Å². The third-order valence-corrected chi connectivity index (χ3v) is 4.61. The highest BCUT2D eigenvalue weighted by molar-refractivity contribution is 4.83. The van der Waals surface area contributed by atoms with Crippen molar-refractivity contribution in [1.29, 1.82) is 0 Å². The Morgan fingerprint density at radius 3 is 2.75 bits per heavy atom. The second-order valence-electron chi connectivity index (χ2n) is 5.86. The molecule has 94 valence electrons. The molecule has 2 heteroatoms. The summed E-state index contributed by atoms with van der Waals surface area (Å²) in [5, 5.41) is 3.68. The summed E-state index contributed by atoms with van der Waals surface area (Å²) in [6, 6.07) is 0.736. The van der Waals surface area contributed by atoms with Crippen LogP contribution in [-0.4, -0.2) is 37.1 Å². The van der Waals surface area contributed by atoms with Crippen molar-refractivity contribution in [1.82, 2.24) is 10.2 Å². The van der Waals surface area contributed by atoms with Crippen molar-refractivity contribution in [3.05, 3.63) is 0 Å². The molecule has 0 bridgehead atoms. The molecule has 0 amide bonds. The van der Waals surface area contributed by atoms with Gasteiger partial charge in [0.1, 0.15) is 0 Å². The van der Waals surface area contributed by atoms with Gasteiger partial charge in [-0.2, -0.15) is 0 Å². The molecule has 2 atom stereocenters. The van der Waals surface area contributed by atoms with E-state index in [1.54, 1.807) is 0 Å². The SMILES string of the molecule is CCC(C)C1CN(CC2CCCC2)CCN1. The van der Waals surface area contributed by atoms with E-state index in [0.717, 1.165) is 17.9 Å². The summed E-state index contributed by atoms with van der Waals surface area (Å²) in [7, 11) is 0. The summed E-state index contributed by atoms with van der Waals surface area (Å²) < 4.78 is 0. The van der Waals surface area contributed by atoms with Gasteiger partial charge in [0.15, 0.2) is 0 Å². The molecule has 1 saturated heterocycles. The molecule has 0 aromatic carbocycles. The van der Waals surface area contributed by atoms with E-state index in [1.165, 1.54) is 58.3 Å². The molecule has 0 aromatic rings. The van der Waals surface area contributed by atoms with E-state index in [1.807, 2.05) is 0 Å². The third-order valence-electron chi connectivity index (χ3n) is 4.61. The van der Waals surface area contributed by atoms with Crippen LogP contribution in [0.2, 0.25) is 0 Å². The molecule has 1 N–H and O–H groups in total. The molecule has 2 rings (SSSR count). The fraction of sp³-hybridized carbons (Fsp3) is 1.00. The first-order chi connectivity index (χ1) is 7.79. The van der Waals surface area contributed by atoms with E-state index in [9.17, 15) is 0 Å². The van der Waals surface area contributed by atoms with Crippen LogP contribution in [0, 0.1) is 11.8 Å². The molecule has 2 aliphatic rings. The molecule has 2 nitrogen and oxygen atoms in total. The minimum Gasteiger partial charge on any atom is -0.311 e. The Kier molecular flexibility index (Phi) is 4.66. The molecule has 2 unspecified atom stereocenters. The first-order valence-corrected chi connectivity index (χ1v) is 7.25. The second-order valence-corrected chi connectivity index (χ2v) is 5.86. The van der Waals surface area contributed by atoms with Gasteiger partial charge in [-0.3, -0.25) is 0 Å². The van der Waals surface area contributed by atoms with Crippen LogP contribution in [0.15, 0.2) is 0 Å². The van der Waals surface area contributed by atoms with Gasteiger partial charge in [-0.05, 0) is 24.7 Å². The lowest BCUT2D eigenvalue weighted by Gasteiger charge is -2.37. The number of rotatable bonds is 4. The van der Waals surface area contributed by atoms with E-state index in [4.69, 9.17) is 0 Å². The van der Waals surface area contributed by atoms with Crippen LogP contribution in [0.5, 0.6) is 0 Å². The minimum atomic E-state index is 0.736. The molecule has 1 aliphatic heterocycles. The van der Waals surface area contributed by atoms with Crippen LogP contribution < -0.4 is 5.32 Å². The topological polar surface area (TPSA) is 15.3 Å². The van der Waals surface area contributed by atoms with Gasteiger partial charge < -0.3 is 10.2 Å². The predicted octanol–water partition coefficient (Wildman–Crippen LogP) is 2.50. The average Bonchev–Trinajstić information content (AvgIpc) is 2.81. The van der Waals surface area contributed by atoms with Crippen molar-refractivity contribution < 1.29 is 0 Å². The average molecular weight is 224 g/mol. The van der Waals surface area contributed by atoms with Gasteiger partial charge in [-0.25, -0.2) is 0 Å². The van der Waals surface area contributed by atoms with Crippen LogP contribution >= 0.6 is 0 Å². The fourth-order valence-electron chi connectivity index (χ4n) is 3.23. The maximum atomic E-state index is 3.68. The Balaban J connectivity index is 1.77. The maximum absolute atomic E-state index is 3.68. The van der Waals surface area contributed by atoms with Crippen molar-refractivity contribution in [3.63, 3.8) is 0 Å². The Bertz CT molecular complexity index is 199. The summed E-state index contributed by atoms with van der Waals surface area (Å²) >= 11 is 0. The van der Waals surface area contributed by atoms with Gasteiger partial charge in [-0.1, -0.05) is 33.1 Å². The monoisotopic (exact) mass is 224 g/mol. The van der Waals surface area contributed by atoms with E-state index < -0.39 is 0 Å². The molecule has 16 heavy (non-hydrogen) atoms. The minimum absolute atomic E-state index is 0.736. The third kappa shape index (κ3) is 3.21. The standard InChI is InChI=1S/C14H28N2/c1-3-12(2)14-11-16(9-8-15-14)10-13-6-4-5-7-13/h12-15H,3-11H2,1-2H3. The van der Waals surface area contributed by atoms with Crippen LogP contribution in [0.3, 0.4) is 0 Å². The predicted molar refractivity (Wildman–Crippen MR) is 69.6 cm³/mol. The zero-order valence-electron chi connectivity index (χ0n) is 11.0. The highest BCUT2D eigenvalue weighted by atomic mass is 15.2. The van der Waals surface area contributed by atoms with Crippen molar-refractivity contribution in [2.45, 2.75) is 52.0 Å². The number of nitrogens with one attached hydrogen (secondary N) is 1. The molecule has 0 radical (unpaired) electrons. The van der Waals surface area contributed by atoms with Gasteiger partial charge in [0.2, 0.25) is 0 Å². The lowest BCUT2D eigenvalue weighted by atomic mass is 9.96. The largest absolute Gasteiger partial charge is 0.311 e. The van der Waals surface area contributed by atoms with Crippen molar-refractivity contribution >= 4 is 0 Å². The zero-order valence-corrected chi connectivity index (χ0v) is 11.0. The molecule has 2 fully saturated rings. The van der Waals surface area contributed by atoms with Gasteiger partial charge >= 0.3 is 0 Å². The van der Waals surface area contributed by atoms with E-state index >= 15 is 0 Å². The number of hydrogen-bond donors (Lipinski definition) is 1. The first kappa shape index (κ1) is 12.4. The summed E-state index contributed by atoms with van der Waals surface area (Å²) in [5.74, 6) is 1.84. The van der Waals surface area contributed by atoms with Crippen molar-refractivity contribution in [3.8, 4) is 0 Å². The summed E-state index contributed by atoms with van der Waals surface area (Å²) in [5.41, 5.74) is 0. The van der Waals surface area contributed by atoms with Gasteiger partial charge in [0.05, 0.1) is 0 Å². The highest BCUT2D eigenvalue weighted by Crippen LogP contribution is 2.26. The Morgan fingerprint density at radius 2 is 2.06 bits per heavy atom. The van der Waals surface area contributed by atoms with Crippen LogP contribution in [-0.2, 0) is 0 Å². The molecule has 1 heterocycles. The molecule has 0 spiro atoms. The maximum Gasteiger partial charge on any atom is 0.0221 e.